The zero-order valence-corrected chi connectivity index (χ0v) is 10.5. The predicted octanol–water partition coefficient (Wildman–Crippen LogP) is -0.795. The van der Waals surface area contributed by atoms with Gasteiger partial charge in [0.05, 0.1) is 30.6 Å². The van der Waals surface area contributed by atoms with Gasteiger partial charge < -0.3 is 9.84 Å². The summed E-state index contributed by atoms with van der Waals surface area (Å²) < 4.78 is 28.0. The third kappa shape index (κ3) is 2.61. The SMILES string of the molecule is CN(C1CCS(=O)(=O)C1)C1COCC1C(=O)O. The highest BCUT2D eigenvalue weighted by Crippen LogP contribution is 2.25. The lowest BCUT2D eigenvalue weighted by Crippen LogP contribution is -2.46. The van der Waals surface area contributed by atoms with Crippen molar-refractivity contribution in [3.63, 3.8) is 0 Å². The summed E-state index contributed by atoms with van der Waals surface area (Å²) in [6, 6.07) is -0.292. The van der Waals surface area contributed by atoms with Crippen molar-refractivity contribution in [2.24, 2.45) is 5.92 Å². The summed E-state index contributed by atoms with van der Waals surface area (Å²) in [5.74, 6) is -1.09. The van der Waals surface area contributed by atoms with Crippen molar-refractivity contribution >= 4 is 15.8 Å². The summed E-state index contributed by atoms with van der Waals surface area (Å²) in [4.78, 5) is 12.9. The highest BCUT2D eigenvalue weighted by molar-refractivity contribution is 7.91. The third-order valence-corrected chi connectivity index (χ3v) is 5.43. The molecule has 0 saturated carbocycles. The van der Waals surface area contributed by atoms with E-state index in [-0.39, 0.29) is 30.2 Å². The maximum atomic E-state index is 11.4. The number of hydrogen-bond donors (Lipinski definition) is 1. The number of hydrogen-bond acceptors (Lipinski definition) is 5. The first kappa shape index (κ1) is 12.8. The number of carbonyl (C=O) groups is 1. The summed E-state index contributed by atoms with van der Waals surface area (Å²) in [5.41, 5.74) is 0. The van der Waals surface area contributed by atoms with Gasteiger partial charge in [0.15, 0.2) is 9.84 Å². The first-order valence-electron chi connectivity index (χ1n) is 5.63. The lowest BCUT2D eigenvalue weighted by molar-refractivity contribution is -0.143. The minimum Gasteiger partial charge on any atom is -0.481 e. The van der Waals surface area contributed by atoms with Crippen molar-refractivity contribution in [3.05, 3.63) is 0 Å². The Morgan fingerprint density at radius 2 is 2.12 bits per heavy atom. The Bertz CT molecular complexity index is 407. The molecule has 0 aromatic carbocycles. The van der Waals surface area contributed by atoms with Crippen LogP contribution in [0.25, 0.3) is 0 Å². The molecule has 2 fully saturated rings. The van der Waals surface area contributed by atoms with Crippen LogP contribution in [0, 0.1) is 5.92 Å². The van der Waals surface area contributed by atoms with Crippen LogP contribution in [0.4, 0.5) is 0 Å². The first-order chi connectivity index (χ1) is 7.91. The normalized spacial score (nSPS) is 36.5. The van der Waals surface area contributed by atoms with Crippen molar-refractivity contribution in [3.8, 4) is 0 Å². The highest BCUT2D eigenvalue weighted by Gasteiger charge is 2.41. The van der Waals surface area contributed by atoms with Crippen molar-refractivity contribution in [1.82, 2.24) is 4.90 Å². The maximum absolute atomic E-state index is 11.4. The molecule has 2 heterocycles. The summed E-state index contributed by atoms with van der Waals surface area (Å²) in [6.07, 6.45) is 0.585. The van der Waals surface area contributed by atoms with Gasteiger partial charge in [-0.1, -0.05) is 0 Å². The number of likely N-dealkylation sites (N-methyl/N-ethyl adjacent to an activating group) is 1. The van der Waals surface area contributed by atoms with Gasteiger partial charge in [-0.25, -0.2) is 8.42 Å². The summed E-state index contributed by atoms with van der Waals surface area (Å²) in [5, 5.41) is 9.05. The molecule has 2 aliphatic heterocycles. The Hall–Kier alpha value is -0.660. The molecule has 0 aromatic rings. The van der Waals surface area contributed by atoms with Crippen molar-refractivity contribution in [1.29, 1.82) is 0 Å². The Balaban J connectivity index is 2.05. The van der Waals surface area contributed by atoms with Gasteiger partial charge in [-0.05, 0) is 13.5 Å². The number of carboxylic acid groups (broad SMARTS) is 1. The fourth-order valence-corrected chi connectivity index (χ4v) is 4.33. The Labute approximate surface area is 100 Å². The van der Waals surface area contributed by atoms with Gasteiger partial charge in [0, 0.05) is 12.1 Å². The molecule has 7 heteroatoms. The van der Waals surface area contributed by atoms with Crippen LogP contribution in [0.2, 0.25) is 0 Å². The summed E-state index contributed by atoms with van der Waals surface area (Å²) in [6.45, 7) is 0.577. The van der Waals surface area contributed by atoms with E-state index in [1.807, 2.05) is 4.90 Å². The lowest BCUT2D eigenvalue weighted by Gasteiger charge is -2.30. The Morgan fingerprint density at radius 1 is 1.41 bits per heavy atom. The minimum absolute atomic E-state index is 0.0754. The van der Waals surface area contributed by atoms with Crippen LogP contribution in [-0.2, 0) is 19.4 Å². The molecule has 0 amide bonds. The van der Waals surface area contributed by atoms with Gasteiger partial charge in [0.1, 0.15) is 0 Å². The van der Waals surface area contributed by atoms with Crippen molar-refractivity contribution in [2.45, 2.75) is 18.5 Å². The molecular formula is C10H17NO5S. The average Bonchev–Trinajstić information content (AvgIpc) is 2.82. The number of ether oxygens (including phenoxy) is 1. The van der Waals surface area contributed by atoms with E-state index in [1.165, 1.54) is 0 Å². The number of rotatable bonds is 3. The van der Waals surface area contributed by atoms with E-state index in [4.69, 9.17) is 9.84 Å². The molecule has 0 radical (unpaired) electrons. The molecule has 0 spiro atoms. The van der Waals surface area contributed by atoms with E-state index in [0.717, 1.165) is 0 Å². The minimum atomic E-state index is -2.94. The molecule has 0 aliphatic carbocycles. The third-order valence-electron chi connectivity index (χ3n) is 3.68. The van der Waals surface area contributed by atoms with Crippen LogP contribution >= 0.6 is 0 Å². The topological polar surface area (TPSA) is 83.9 Å². The number of nitrogens with zero attached hydrogens (tertiary/aromatic N) is 1. The number of aliphatic carboxylic acids is 1. The molecule has 1 N–H and O–H groups in total. The van der Waals surface area contributed by atoms with E-state index in [9.17, 15) is 13.2 Å². The highest BCUT2D eigenvalue weighted by atomic mass is 32.2. The van der Waals surface area contributed by atoms with Gasteiger partial charge in [0.25, 0.3) is 0 Å². The zero-order valence-electron chi connectivity index (χ0n) is 9.70. The second-order valence-electron chi connectivity index (χ2n) is 4.77. The smallest absolute Gasteiger partial charge is 0.310 e. The van der Waals surface area contributed by atoms with Crippen LogP contribution < -0.4 is 0 Å². The van der Waals surface area contributed by atoms with Gasteiger partial charge in [-0.15, -0.1) is 0 Å². The van der Waals surface area contributed by atoms with Crippen molar-refractivity contribution in [2.75, 3.05) is 31.8 Å². The molecular weight excluding hydrogens is 246 g/mol. The Morgan fingerprint density at radius 3 is 2.65 bits per heavy atom. The monoisotopic (exact) mass is 263 g/mol. The maximum Gasteiger partial charge on any atom is 0.310 e. The molecule has 3 atom stereocenters. The van der Waals surface area contributed by atoms with Gasteiger partial charge in [-0.2, -0.15) is 0 Å². The molecule has 17 heavy (non-hydrogen) atoms. The number of sulfone groups is 1. The number of carboxylic acids is 1. The van der Waals surface area contributed by atoms with E-state index in [2.05, 4.69) is 0 Å². The summed E-state index contributed by atoms with van der Waals surface area (Å²) in [7, 11) is -1.15. The molecule has 98 valence electrons. The molecule has 2 rings (SSSR count). The fourth-order valence-electron chi connectivity index (χ4n) is 2.55. The van der Waals surface area contributed by atoms with Crippen LogP contribution in [0.3, 0.4) is 0 Å². The quantitative estimate of drug-likeness (QED) is 0.718. The molecule has 0 aromatic heterocycles. The standard InChI is InChI=1S/C10H17NO5S/c1-11(7-2-3-17(14,15)6-7)9-5-16-4-8(9)10(12)13/h7-9H,2-6H2,1H3,(H,12,13). The second kappa shape index (κ2) is 4.55. The Kier molecular flexibility index (Phi) is 3.42. The van der Waals surface area contributed by atoms with Crippen LogP contribution in [0.1, 0.15) is 6.42 Å². The van der Waals surface area contributed by atoms with Gasteiger partial charge >= 0.3 is 5.97 Å². The lowest BCUT2D eigenvalue weighted by atomic mass is 10.0. The van der Waals surface area contributed by atoms with E-state index in [1.54, 1.807) is 7.05 Å². The van der Waals surface area contributed by atoms with Gasteiger partial charge in [0.2, 0.25) is 0 Å². The molecule has 2 aliphatic rings. The average molecular weight is 263 g/mol. The summed E-state index contributed by atoms with van der Waals surface area (Å²) >= 11 is 0. The first-order valence-corrected chi connectivity index (χ1v) is 7.46. The largest absolute Gasteiger partial charge is 0.481 e. The van der Waals surface area contributed by atoms with Crippen LogP contribution in [-0.4, -0.2) is 68.2 Å². The predicted molar refractivity (Wildman–Crippen MR) is 60.6 cm³/mol. The van der Waals surface area contributed by atoms with Crippen molar-refractivity contribution < 1.29 is 23.1 Å². The van der Waals surface area contributed by atoms with E-state index in [0.29, 0.717) is 13.0 Å². The van der Waals surface area contributed by atoms with Crippen LogP contribution in [0.5, 0.6) is 0 Å². The zero-order chi connectivity index (χ0) is 12.6. The molecule has 6 nitrogen and oxygen atoms in total. The van der Waals surface area contributed by atoms with Crippen LogP contribution in [0.15, 0.2) is 0 Å². The van der Waals surface area contributed by atoms with E-state index >= 15 is 0 Å². The van der Waals surface area contributed by atoms with Gasteiger partial charge in [-0.3, -0.25) is 9.69 Å². The second-order valence-corrected chi connectivity index (χ2v) is 7.00. The molecule has 0 bridgehead atoms. The molecule has 3 unspecified atom stereocenters. The molecule has 2 saturated heterocycles. The fraction of sp³-hybridized carbons (Fsp3) is 0.900. The van der Waals surface area contributed by atoms with E-state index < -0.39 is 21.7 Å².